The van der Waals surface area contributed by atoms with Crippen LogP contribution in [0.3, 0.4) is 0 Å². The van der Waals surface area contributed by atoms with Gasteiger partial charge in [0.05, 0.1) is 17.8 Å². The number of anilines is 1. The smallest absolute Gasteiger partial charge is 0.271 e. The Balaban J connectivity index is 2.16. The van der Waals surface area contributed by atoms with Crippen LogP contribution < -0.4 is 10.9 Å². The van der Waals surface area contributed by atoms with Crippen LogP contribution in [0.15, 0.2) is 11.1 Å². The molecule has 17 heavy (non-hydrogen) atoms. The molecule has 1 aromatic heterocycles. The van der Waals surface area contributed by atoms with E-state index in [1.54, 1.807) is 0 Å². The molecule has 2 heterocycles. The SMILES string of the molecule is O=c1[nH]cnc(NC2CCCS(=O)(=O)C2)c1Cl. The number of hydrogen-bond donors (Lipinski definition) is 2. The molecule has 1 fully saturated rings. The van der Waals surface area contributed by atoms with Gasteiger partial charge in [0.1, 0.15) is 5.02 Å². The van der Waals surface area contributed by atoms with Crippen LogP contribution in [0, 0.1) is 0 Å². The standard InChI is InChI=1S/C9H12ClN3O3S/c10-7-8(11-5-12-9(7)14)13-6-2-1-3-17(15,16)4-6/h5-6H,1-4H2,(H2,11,12,13,14). The number of H-pyrrole nitrogens is 1. The summed E-state index contributed by atoms with van der Waals surface area (Å²) in [7, 11) is -2.99. The summed E-state index contributed by atoms with van der Waals surface area (Å²) in [6, 6.07) is -0.236. The first-order chi connectivity index (χ1) is 7.98. The Kier molecular flexibility index (Phi) is 3.39. The van der Waals surface area contributed by atoms with Crippen LogP contribution in [-0.2, 0) is 9.84 Å². The quantitative estimate of drug-likeness (QED) is 0.817. The highest BCUT2D eigenvalue weighted by Crippen LogP contribution is 2.19. The Hall–Kier alpha value is -1.08. The molecule has 1 unspecified atom stereocenters. The molecule has 0 amide bonds. The van der Waals surface area contributed by atoms with Gasteiger partial charge in [0.25, 0.3) is 5.56 Å². The van der Waals surface area contributed by atoms with Crippen molar-refractivity contribution in [3.8, 4) is 0 Å². The lowest BCUT2D eigenvalue weighted by molar-refractivity contribution is 0.561. The largest absolute Gasteiger partial charge is 0.365 e. The molecule has 1 aliphatic rings. The van der Waals surface area contributed by atoms with Gasteiger partial charge >= 0.3 is 0 Å². The van der Waals surface area contributed by atoms with Crippen LogP contribution >= 0.6 is 11.6 Å². The van der Waals surface area contributed by atoms with Crippen molar-refractivity contribution >= 4 is 27.3 Å². The van der Waals surface area contributed by atoms with Crippen molar-refractivity contribution < 1.29 is 8.42 Å². The summed E-state index contributed by atoms with van der Waals surface area (Å²) in [6.45, 7) is 0. The van der Waals surface area contributed by atoms with Crippen molar-refractivity contribution in [1.82, 2.24) is 9.97 Å². The molecule has 0 radical (unpaired) electrons. The van der Waals surface area contributed by atoms with Crippen LogP contribution in [0.25, 0.3) is 0 Å². The molecular weight excluding hydrogens is 266 g/mol. The zero-order chi connectivity index (χ0) is 12.5. The number of aromatic amines is 1. The lowest BCUT2D eigenvalue weighted by Crippen LogP contribution is -2.35. The van der Waals surface area contributed by atoms with Crippen LogP contribution in [0.4, 0.5) is 5.82 Å². The number of aromatic nitrogens is 2. The van der Waals surface area contributed by atoms with Gasteiger partial charge in [-0.25, -0.2) is 13.4 Å². The Morgan fingerprint density at radius 2 is 2.29 bits per heavy atom. The number of hydrogen-bond acceptors (Lipinski definition) is 5. The third kappa shape index (κ3) is 2.98. The third-order valence-corrected chi connectivity index (χ3v) is 4.77. The highest BCUT2D eigenvalue weighted by molar-refractivity contribution is 7.91. The lowest BCUT2D eigenvalue weighted by Gasteiger charge is -2.23. The summed E-state index contributed by atoms with van der Waals surface area (Å²) >= 11 is 5.77. The molecular formula is C9H12ClN3O3S. The Bertz CT molecular complexity index is 569. The zero-order valence-electron chi connectivity index (χ0n) is 8.94. The normalized spacial score (nSPS) is 23.2. The molecule has 0 bridgehead atoms. The van der Waals surface area contributed by atoms with E-state index in [-0.39, 0.29) is 28.4 Å². The zero-order valence-corrected chi connectivity index (χ0v) is 10.5. The topological polar surface area (TPSA) is 91.9 Å². The van der Waals surface area contributed by atoms with Gasteiger partial charge in [-0.05, 0) is 12.8 Å². The molecule has 1 aromatic rings. The second-order valence-corrected chi connectivity index (χ2v) is 6.60. The number of nitrogens with one attached hydrogen (secondary N) is 2. The van der Waals surface area contributed by atoms with Crippen LogP contribution in [0.2, 0.25) is 5.02 Å². The van der Waals surface area contributed by atoms with Crippen molar-refractivity contribution in [3.63, 3.8) is 0 Å². The van der Waals surface area contributed by atoms with Gasteiger partial charge in [-0.3, -0.25) is 4.79 Å². The van der Waals surface area contributed by atoms with E-state index in [1.165, 1.54) is 6.33 Å². The van der Waals surface area contributed by atoms with Gasteiger partial charge < -0.3 is 10.3 Å². The third-order valence-electron chi connectivity index (χ3n) is 2.60. The van der Waals surface area contributed by atoms with Gasteiger partial charge in [0.2, 0.25) is 0 Å². The van der Waals surface area contributed by atoms with E-state index in [0.29, 0.717) is 6.42 Å². The first kappa shape index (κ1) is 12.4. The minimum Gasteiger partial charge on any atom is -0.365 e. The van der Waals surface area contributed by atoms with Crippen LogP contribution in [0.5, 0.6) is 0 Å². The molecule has 2 N–H and O–H groups in total. The summed E-state index contributed by atoms with van der Waals surface area (Å²) in [5, 5.41) is 2.86. The molecule has 6 nitrogen and oxygen atoms in total. The molecule has 8 heteroatoms. The molecule has 1 saturated heterocycles. The van der Waals surface area contributed by atoms with Crippen molar-refractivity contribution in [1.29, 1.82) is 0 Å². The number of halogens is 1. The van der Waals surface area contributed by atoms with E-state index in [9.17, 15) is 13.2 Å². The summed E-state index contributed by atoms with van der Waals surface area (Å²) < 4.78 is 22.9. The van der Waals surface area contributed by atoms with Crippen LogP contribution in [0.1, 0.15) is 12.8 Å². The van der Waals surface area contributed by atoms with Crippen molar-refractivity contribution in [2.75, 3.05) is 16.8 Å². The fourth-order valence-electron chi connectivity index (χ4n) is 1.81. The Morgan fingerprint density at radius 1 is 1.53 bits per heavy atom. The second-order valence-electron chi connectivity index (χ2n) is 3.99. The highest BCUT2D eigenvalue weighted by atomic mass is 35.5. The van der Waals surface area contributed by atoms with E-state index in [0.717, 1.165) is 6.42 Å². The molecule has 0 saturated carbocycles. The number of nitrogens with zero attached hydrogens (tertiary/aromatic N) is 1. The lowest BCUT2D eigenvalue weighted by atomic mass is 10.2. The van der Waals surface area contributed by atoms with Crippen molar-refractivity contribution in [2.45, 2.75) is 18.9 Å². The Labute approximate surface area is 103 Å². The van der Waals surface area contributed by atoms with Gasteiger partial charge in [0.15, 0.2) is 15.7 Å². The van der Waals surface area contributed by atoms with E-state index in [1.807, 2.05) is 0 Å². The minimum absolute atomic E-state index is 0.0459. The van der Waals surface area contributed by atoms with E-state index >= 15 is 0 Å². The van der Waals surface area contributed by atoms with E-state index in [2.05, 4.69) is 15.3 Å². The summed E-state index contributed by atoms with van der Waals surface area (Å²) in [5.41, 5.74) is -0.442. The predicted molar refractivity (Wildman–Crippen MR) is 65.2 cm³/mol. The minimum atomic E-state index is -2.99. The molecule has 0 aromatic carbocycles. The molecule has 2 rings (SSSR count). The highest BCUT2D eigenvalue weighted by Gasteiger charge is 2.25. The molecule has 1 atom stereocenters. The number of sulfone groups is 1. The summed E-state index contributed by atoms with van der Waals surface area (Å²) in [4.78, 5) is 17.4. The monoisotopic (exact) mass is 277 g/mol. The first-order valence-electron chi connectivity index (χ1n) is 5.18. The average Bonchev–Trinajstić information content (AvgIpc) is 2.23. The van der Waals surface area contributed by atoms with Gasteiger partial charge in [-0.2, -0.15) is 0 Å². The summed E-state index contributed by atoms with van der Waals surface area (Å²) in [6.07, 6.45) is 2.57. The predicted octanol–water partition coefficient (Wildman–Crippen LogP) is 0.412. The van der Waals surface area contributed by atoms with E-state index in [4.69, 9.17) is 11.6 Å². The van der Waals surface area contributed by atoms with Gasteiger partial charge in [-0.1, -0.05) is 11.6 Å². The second kappa shape index (κ2) is 4.66. The molecule has 0 aliphatic carbocycles. The first-order valence-corrected chi connectivity index (χ1v) is 7.38. The van der Waals surface area contributed by atoms with E-state index < -0.39 is 15.4 Å². The van der Waals surface area contributed by atoms with Gasteiger partial charge in [0, 0.05) is 6.04 Å². The maximum Gasteiger partial charge on any atom is 0.271 e. The fourth-order valence-corrected chi connectivity index (χ4v) is 3.61. The maximum atomic E-state index is 11.4. The average molecular weight is 278 g/mol. The van der Waals surface area contributed by atoms with Crippen molar-refractivity contribution in [2.24, 2.45) is 0 Å². The van der Waals surface area contributed by atoms with Crippen molar-refractivity contribution in [3.05, 3.63) is 21.7 Å². The fraction of sp³-hybridized carbons (Fsp3) is 0.556. The van der Waals surface area contributed by atoms with Gasteiger partial charge in [-0.15, -0.1) is 0 Å². The molecule has 1 aliphatic heterocycles. The molecule has 0 spiro atoms. The van der Waals surface area contributed by atoms with Crippen LogP contribution in [-0.4, -0.2) is 35.9 Å². The Morgan fingerprint density at radius 3 is 3.00 bits per heavy atom. The molecule has 94 valence electrons. The summed E-state index contributed by atoms with van der Waals surface area (Å²) in [5.74, 6) is 0.511. The maximum absolute atomic E-state index is 11.4. The number of rotatable bonds is 2.